The molecule has 0 aliphatic heterocycles. The van der Waals surface area contributed by atoms with Gasteiger partial charge in [0.05, 0.1) is 12.4 Å². The van der Waals surface area contributed by atoms with E-state index in [9.17, 15) is 4.79 Å². The summed E-state index contributed by atoms with van der Waals surface area (Å²) in [5.41, 5.74) is 3.36. The summed E-state index contributed by atoms with van der Waals surface area (Å²) in [7, 11) is 0. The Morgan fingerprint density at radius 1 is 1.15 bits per heavy atom. The third-order valence-corrected chi connectivity index (χ3v) is 3.75. The van der Waals surface area contributed by atoms with Crippen molar-refractivity contribution in [3.05, 3.63) is 58.0 Å². The van der Waals surface area contributed by atoms with Crippen LogP contribution in [0.25, 0.3) is 22.5 Å². The number of aromatic amines is 1. The molecular formula is C13H9N5OS. The zero-order valence-corrected chi connectivity index (χ0v) is 11.0. The van der Waals surface area contributed by atoms with Crippen LogP contribution in [-0.4, -0.2) is 24.4 Å². The number of hydrogen-bond acceptors (Lipinski definition) is 4. The van der Waals surface area contributed by atoms with Gasteiger partial charge >= 0.3 is 0 Å². The summed E-state index contributed by atoms with van der Waals surface area (Å²) < 4.78 is 3.33. The minimum atomic E-state index is -0.163. The maximum absolute atomic E-state index is 11.4. The molecule has 6 nitrogen and oxygen atoms in total. The first kappa shape index (κ1) is 11.2. The molecule has 0 amide bonds. The predicted octanol–water partition coefficient (Wildman–Crippen LogP) is 1.94. The van der Waals surface area contributed by atoms with Crippen molar-refractivity contribution in [1.82, 2.24) is 24.4 Å². The van der Waals surface area contributed by atoms with Gasteiger partial charge in [0.2, 0.25) is 0 Å². The zero-order valence-electron chi connectivity index (χ0n) is 10.2. The van der Waals surface area contributed by atoms with Gasteiger partial charge in [-0.2, -0.15) is 21.5 Å². The summed E-state index contributed by atoms with van der Waals surface area (Å²) in [5, 5.41) is 12.6. The standard InChI is InChI=1S/C13H9N5OS/c19-12-1-3-17-13(16-12)11(6-15-17)18-7-10(5-14-18)9-2-4-20-8-9/h1-8H,(H,16,19). The first-order valence-corrected chi connectivity index (χ1v) is 6.90. The molecule has 1 N–H and O–H groups in total. The molecule has 4 heterocycles. The van der Waals surface area contributed by atoms with Crippen LogP contribution in [0.1, 0.15) is 0 Å². The van der Waals surface area contributed by atoms with E-state index in [0.29, 0.717) is 5.65 Å². The monoisotopic (exact) mass is 283 g/mol. The normalized spacial score (nSPS) is 11.2. The molecule has 0 atom stereocenters. The van der Waals surface area contributed by atoms with E-state index in [2.05, 4.69) is 20.6 Å². The van der Waals surface area contributed by atoms with Gasteiger partial charge in [0.25, 0.3) is 5.56 Å². The maximum atomic E-state index is 11.4. The van der Waals surface area contributed by atoms with Crippen molar-refractivity contribution in [1.29, 1.82) is 0 Å². The van der Waals surface area contributed by atoms with Gasteiger partial charge in [-0.15, -0.1) is 0 Å². The Morgan fingerprint density at radius 3 is 2.95 bits per heavy atom. The molecule has 0 spiro atoms. The second-order valence-corrected chi connectivity index (χ2v) is 5.09. The lowest BCUT2D eigenvalue weighted by Gasteiger charge is -1.97. The fourth-order valence-corrected chi connectivity index (χ4v) is 2.75. The van der Waals surface area contributed by atoms with Crippen molar-refractivity contribution in [2.75, 3.05) is 0 Å². The minimum Gasteiger partial charge on any atom is -0.305 e. The van der Waals surface area contributed by atoms with E-state index in [1.54, 1.807) is 39.1 Å². The first-order chi connectivity index (χ1) is 9.81. The highest BCUT2D eigenvalue weighted by Gasteiger charge is 2.09. The maximum Gasteiger partial charge on any atom is 0.251 e. The van der Waals surface area contributed by atoms with Crippen LogP contribution >= 0.6 is 11.3 Å². The summed E-state index contributed by atoms with van der Waals surface area (Å²) >= 11 is 1.64. The highest BCUT2D eigenvalue weighted by molar-refractivity contribution is 7.08. The fourth-order valence-electron chi connectivity index (χ4n) is 2.08. The van der Waals surface area contributed by atoms with Crippen LogP contribution in [0.3, 0.4) is 0 Å². The number of hydrogen-bond donors (Lipinski definition) is 1. The second-order valence-electron chi connectivity index (χ2n) is 4.31. The largest absolute Gasteiger partial charge is 0.305 e. The molecule has 0 aromatic carbocycles. The smallest absolute Gasteiger partial charge is 0.251 e. The summed E-state index contributed by atoms with van der Waals surface area (Å²) in [5.74, 6) is 0. The Hall–Kier alpha value is -2.67. The first-order valence-electron chi connectivity index (χ1n) is 5.95. The predicted molar refractivity (Wildman–Crippen MR) is 76.2 cm³/mol. The summed E-state index contributed by atoms with van der Waals surface area (Å²) in [6, 6.07) is 3.48. The molecule has 20 heavy (non-hydrogen) atoms. The highest BCUT2D eigenvalue weighted by Crippen LogP contribution is 2.23. The van der Waals surface area contributed by atoms with Crippen molar-refractivity contribution in [2.45, 2.75) is 0 Å². The lowest BCUT2D eigenvalue weighted by atomic mass is 10.2. The molecule has 0 saturated carbocycles. The van der Waals surface area contributed by atoms with E-state index in [1.807, 2.05) is 17.6 Å². The molecule has 4 aromatic rings. The average molecular weight is 283 g/mol. The summed E-state index contributed by atoms with van der Waals surface area (Å²) in [6.45, 7) is 0. The number of H-pyrrole nitrogens is 1. The quantitative estimate of drug-likeness (QED) is 0.611. The van der Waals surface area contributed by atoms with Crippen LogP contribution in [0.4, 0.5) is 0 Å². The Labute approximate surface area is 116 Å². The summed E-state index contributed by atoms with van der Waals surface area (Å²) in [4.78, 5) is 14.2. The Bertz CT molecular complexity index is 931. The molecule has 0 aliphatic rings. The molecule has 4 aromatic heterocycles. The minimum absolute atomic E-state index is 0.163. The van der Waals surface area contributed by atoms with Gasteiger partial charge in [-0.05, 0) is 22.4 Å². The zero-order chi connectivity index (χ0) is 13.5. The molecule has 0 saturated heterocycles. The van der Waals surface area contributed by atoms with Crippen LogP contribution in [0.5, 0.6) is 0 Å². The number of nitrogens with one attached hydrogen (secondary N) is 1. The lowest BCUT2D eigenvalue weighted by Crippen LogP contribution is -2.07. The average Bonchev–Trinajstić information content (AvgIpc) is 3.17. The van der Waals surface area contributed by atoms with Crippen molar-refractivity contribution in [3.63, 3.8) is 0 Å². The Morgan fingerprint density at radius 2 is 2.10 bits per heavy atom. The third kappa shape index (κ3) is 1.68. The SMILES string of the molecule is O=c1ccn2ncc(-n3cc(-c4ccsc4)cn3)c2[nH]1. The van der Waals surface area contributed by atoms with Gasteiger partial charge in [-0.3, -0.25) is 4.79 Å². The second kappa shape index (κ2) is 4.17. The molecule has 0 unspecified atom stereocenters. The van der Waals surface area contributed by atoms with Gasteiger partial charge < -0.3 is 4.98 Å². The Balaban J connectivity index is 1.87. The fraction of sp³-hybridized carbons (Fsp3) is 0. The topological polar surface area (TPSA) is 68.0 Å². The van der Waals surface area contributed by atoms with E-state index in [0.717, 1.165) is 16.8 Å². The van der Waals surface area contributed by atoms with Gasteiger partial charge in [0.15, 0.2) is 5.65 Å². The molecule has 0 bridgehead atoms. The molecule has 0 fully saturated rings. The van der Waals surface area contributed by atoms with Gasteiger partial charge in [0.1, 0.15) is 5.69 Å². The van der Waals surface area contributed by atoms with Crippen LogP contribution in [-0.2, 0) is 0 Å². The van der Waals surface area contributed by atoms with Crippen LogP contribution in [0.15, 0.2) is 52.5 Å². The molecule has 7 heteroatoms. The molecule has 0 aliphatic carbocycles. The van der Waals surface area contributed by atoms with Crippen molar-refractivity contribution < 1.29 is 0 Å². The van der Waals surface area contributed by atoms with E-state index >= 15 is 0 Å². The molecule has 4 rings (SSSR count). The van der Waals surface area contributed by atoms with Crippen LogP contribution in [0, 0.1) is 0 Å². The van der Waals surface area contributed by atoms with Gasteiger partial charge in [-0.1, -0.05) is 0 Å². The van der Waals surface area contributed by atoms with E-state index in [-0.39, 0.29) is 5.56 Å². The van der Waals surface area contributed by atoms with E-state index < -0.39 is 0 Å². The number of rotatable bonds is 2. The van der Waals surface area contributed by atoms with Crippen LogP contribution < -0.4 is 5.56 Å². The summed E-state index contributed by atoms with van der Waals surface area (Å²) in [6.07, 6.45) is 7.02. The van der Waals surface area contributed by atoms with Crippen molar-refractivity contribution in [3.8, 4) is 16.8 Å². The lowest BCUT2D eigenvalue weighted by molar-refractivity contribution is 0.883. The molecule has 0 radical (unpaired) electrons. The molecular weight excluding hydrogens is 274 g/mol. The van der Waals surface area contributed by atoms with E-state index in [4.69, 9.17) is 0 Å². The van der Waals surface area contributed by atoms with Crippen molar-refractivity contribution >= 4 is 17.0 Å². The third-order valence-electron chi connectivity index (χ3n) is 3.07. The number of thiophene rings is 1. The van der Waals surface area contributed by atoms with Crippen molar-refractivity contribution in [2.24, 2.45) is 0 Å². The molecule has 98 valence electrons. The van der Waals surface area contributed by atoms with Gasteiger partial charge in [0, 0.05) is 24.0 Å². The number of nitrogens with zero attached hydrogens (tertiary/aromatic N) is 4. The number of aromatic nitrogens is 5. The van der Waals surface area contributed by atoms with Gasteiger partial charge in [-0.25, -0.2) is 9.20 Å². The highest BCUT2D eigenvalue weighted by atomic mass is 32.1. The van der Waals surface area contributed by atoms with Crippen LogP contribution in [0.2, 0.25) is 0 Å². The Kier molecular flexibility index (Phi) is 2.33. The van der Waals surface area contributed by atoms with E-state index in [1.165, 1.54) is 6.07 Å². The number of fused-ring (bicyclic) bond motifs is 1.